The van der Waals surface area contributed by atoms with Crippen LogP contribution in [0.2, 0.25) is 0 Å². The lowest BCUT2D eigenvalue weighted by molar-refractivity contribution is -0.135. The summed E-state index contributed by atoms with van der Waals surface area (Å²) in [6.07, 6.45) is 6.83. The number of methoxy groups -OCH3 is 2. The van der Waals surface area contributed by atoms with Crippen LogP contribution in [-0.2, 0) is 25.7 Å². The molecule has 3 atom stereocenters. The molecule has 2 aromatic heterocycles. The topological polar surface area (TPSA) is 184 Å². The fourth-order valence-corrected chi connectivity index (χ4v) is 8.30. The van der Waals surface area contributed by atoms with Gasteiger partial charge in [-0.2, -0.15) is 0 Å². The maximum absolute atomic E-state index is 13.6. The smallest absolute Gasteiger partial charge is 0.407 e. The van der Waals surface area contributed by atoms with Crippen LogP contribution in [0, 0.1) is 5.92 Å². The van der Waals surface area contributed by atoms with Crippen molar-refractivity contribution in [3.8, 4) is 39.4 Å². The maximum Gasteiger partial charge on any atom is 0.407 e. The number of carbonyl (C=O) groups excluding carboxylic acids is 4. The van der Waals surface area contributed by atoms with Crippen molar-refractivity contribution in [2.24, 2.45) is 5.92 Å². The second-order valence-corrected chi connectivity index (χ2v) is 15.7. The molecule has 4 amide bonds. The van der Waals surface area contributed by atoms with Crippen LogP contribution in [0.4, 0.5) is 9.59 Å². The molecule has 0 spiro atoms. The van der Waals surface area contributed by atoms with Gasteiger partial charge < -0.3 is 44.6 Å². The van der Waals surface area contributed by atoms with Crippen molar-refractivity contribution in [3.63, 3.8) is 0 Å². The van der Waals surface area contributed by atoms with Gasteiger partial charge in [0.05, 0.1) is 50.1 Å². The highest BCUT2D eigenvalue weighted by Gasteiger charge is 2.38. The molecule has 0 bridgehead atoms. The summed E-state index contributed by atoms with van der Waals surface area (Å²) >= 11 is 0. The Morgan fingerprint density at radius 2 is 1.43 bits per heavy atom. The predicted octanol–water partition coefficient (Wildman–Crippen LogP) is 8.15. The van der Waals surface area contributed by atoms with E-state index >= 15 is 0 Å². The van der Waals surface area contributed by atoms with E-state index in [0.29, 0.717) is 31.3 Å². The SMILES string of the molecule is CCC.COC(=O)NCC(=O)N1CCC[C@H]1c1ncc(-c2ccc3c(c2)COc2c-3ccc3cc(-c4cnc([C@@H]5CCCN5C(=O)[C@@H](NC(=O)OC)C(C)C)[nH]4)ccc23)[nH]1.[HH].[HH]. The number of amides is 4. The quantitative estimate of drug-likeness (QED) is 0.114. The van der Waals surface area contributed by atoms with Crippen molar-refractivity contribution in [2.45, 2.75) is 84.5 Å². The van der Waals surface area contributed by atoms with Gasteiger partial charge in [-0.25, -0.2) is 19.6 Å². The lowest BCUT2D eigenvalue weighted by atomic mass is 9.92. The molecule has 2 saturated heterocycles. The highest BCUT2D eigenvalue weighted by atomic mass is 16.5. The second-order valence-electron chi connectivity index (χ2n) is 15.7. The number of benzene rings is 3. The highest BCUT2D eigenvalue weighted by Crippen LogP contribution is 2.44. The van der Waals surface area contributed by atoms with Crippen LogP contribution in [-0.4, -0.2) is 93.6 Å². The summed E-state index contributed by atoms with van der Waals surface area (Å²) in [5.74, 6) is 1.83. The number of nitrogens with one attached hydrogen (secondary N) is 4. The predicted molar refractivity (Wildman–Crippen MR) is 231 cm³/mol. The summed E-state index contributed by atoms with van der Waals surface area (Å²) in [6.45, 7) is 9.51. The number of aromatic nitrogens is 4. The molecule has 0 unspecified atom stereocenters. The molecule has 0 aliphatic carbocycles. The number of fused-ring (bicyclic) bond motifs is 5. The molecule has 15 nitrogen and oxygen atoms in total. The van der Waals surface area contributed by atoms with Crippen LogP contribution >= 0.6 is 0 Å². The normalized spacial score (nSPS) is 17.2. The third-order valence-corrected chi connectivity index (χ3v) is 11.3. The molecular formula is C45H58N8O7. The number of carbonyl (C=O) groups is 4. The molecule has 5 heterocycles. The Kier molecular flexibility index (Phi) is 12.7. The van der Waals surface area contributed by atoms with Gasteiger partial charge in [-0.15, -0.1) is 0 Å². The number of nitrogens with zero attached hydrogens (tertiary/aromatic N) is 4. The molecule has 320 valence electrons. The van der Waals surface area contributed by atoms with Crippen LogP contribution < -0.4 is 15.4 Å². The molecule has 8 rings (SSSR count). The summed E-state index contributed by atoms with van der Waals surface area (Å²) in [5, 5.41) is 7.21. The van der Waals surface area contributed by atoms with Gasteiger partial charge in [0.15, 0.2) is 0 Å². The number of alkyl carbamates (subject to hydrolysis) is 2. The number of likely N-dealkylation sites (tertiary alicyclic amines) is 2. The van der Waals surface area contributed by atoms with Gasteiger partial charge in [0.2, 0.25) is 11.8 Å². The first-order valence-electron chi connectivity index (χ1n) is 20.7. The number of aromatic amines is 2. The summed E-state index contributed by atoms with van der Waals surface area (Å²) < 4.78 is 15.8. The Morgan fingerprint density at radius 1 is 0.833 bits per heavy atom. The third-order valence-electron chi connectivity index (χ3n) is 11.3. The van der Waals surface area contributed by atoms with Gasteiger partial charge >= 0.3 is 12.2 Å². The van der Waals surface area contributed by atoms with Crippen LogP contribution in [0.3, 0.4) is 0 Å². The number of ether oxygens (including phenoxy) is 3. The van der Waals surface area contributed by atoms with E-state index in [0.717, 1.165) is 81.4 Å². The molecular weight excluding hydrogens is 765 g/mol. The minimum absolute atomic E-state index is 0. The zero-order valence-electron chi connectivity index (χ0n) is 35.1. The van der Waals surface area contributed by atoms with Crippen molar-refractivity contribution < 1.29 is 36.2 Å². The van der Waals surface area contributed by atoms with Crippen LogP contribution in [0.15, 0.2) is 60.9 Å². The lowest BCUT2D eigenvalue weighted by Gasteiger charge is -2.30. The standard InChI is InChI=1S/C42H46N8O7.C3H8.2H2/c1-23(2)36(48-42(54)56-4)40(52)50-16-6-8-34(50)39-44-19-31(47-39)25-11-13-29-24(17-25)9-14-30-28-12-10-26(18-27(28)22-57-37(29)30)32-20-43-38(46-32)33-7-5-15-49(33)35(51)21-45-41(53)55-3;1-3-2;;/h9-14,17-20,23,33-34,36H,5-8,15-16,21-22H2,1-4H3,(H,43,46)(H,44,47)(H,45,53)(H,48,54);3H2,1-2H3;2*1H/t33-,34-,36-;;;/m0.../s1. The summed E-state index contributed by atoms with van der Waals surface area (Å²) in [5.41, 5.74) is 6.81. The molecule has 4 N–H and O–H groups in total. The summed E-state index contributed by atoms with van der Waals surface area (Å²) in [6, 6.07) is 15.7. The van der Waals surface area contributed by atoms with E-state index in [4.69, 9.17) is 14.5 Å². The maximum atomic E-state index is 13.6. The van der Waals surface area contributed by atoms with E-state index in [1.165, 1.54) is 20.6 Å². The van der Waals surface area contributed by atoms with E-state index in [1.807, 2.05) is 24.9 Å². The molecule has 2 fully saturated rings. The van der Waals surface area contributed by atoms with Crippen LogP contribution in [0.25, 0.3) is 44.4 Å². The third kappa shape index (κ3) is 8.52. The Hall–Kier alpha value is -6.38. The van der Waals surface area contributed by atoms with E-state index in [2.05, 4.69) is 92.7 Å². The molecule has 3 aromatic carbocycles. The lowest BCUT2D eigenvalue weighted by Crippen LogP contribution is -2.51. The number of hydrogen-bond donors (Lipinski definition) is 4. The van der Waals surface area contributed by atoms with Crippen molar-refractivity contribution in [1.29, 1.82) is 0 Å². The minimum Gasteiger partial charge on any atom is -0.488 e. The van der Waals surface area contributed by atoms with E-state index in [9.17, 15) is 19.2 Å². The van der Waals surface area contributed by atoms with Crippen molar-refractivity contribution in [3.05, 3.63) is 78.1 Å². The van der Waals surface area contributed by atoms with E-state index in [-0.39, 0.29) is 39.2 Å². The molecule has 5 aromatic rings. The van der Waals surface area contributed by atoms with Gasteiger partial charge in [0.1, 0.15) is 36.6 Å². The zero-order chi connectivity index (χ0) is 42.5. The number of imidazole rings is 2. The van der Waals surface area contributed by atoms with Gasteiger partial charge in [0.25, 0.3) is 0 Å². The Morgan fingerprint density at radius 3 is 2.08 bits per heavy atom. The molecule has 3 aliphatic heterocycles. The molecule has 15 heteroatoms. The first-order valence-corrected chi connectivity index (χ1v) is 20.7. The number of hydrogen-bond acceptors (Lipinski definition) is 9. The number of H-pyrrole nitrogens is 2. The molecule has 60 heavy (non-hydrogen) atoms. The average Bonchev–Trinajstić information content (AvgIpc) is 4.11. The molecule has 3 aliphatic rings. The zero-order valence-corrected chi connectivity index (χ0v) is 35.1. The van der Waals surface area contributed by atoms with Gasteiger partial charge in [-0.05, 0) is 71.9 Å². The monoisotopic (exact) mass is 822 g/mol. The largest absolute Gasteiger partial charge is 0.488 e. The Bertz CT molecular complexity index is 2380. The summed E-state index contributed by atoms with van der Waals surface area (Å²) in [7, 11) is 2.56. The molecule has 0 saturated carbocycles. The van der Waals surface area contributed by atoms with Crippen molar-refractivity contribution in [2.75, 3.05) is 33.9 Å². The second kappa shape index (κ2) is 18.3. The van der Waals surface area contributed by atoms with E-state index < -0.39 is 18.2 Å². The number of rotatable bonds is 9. The van der Waals surface area contributed by atoms with Gasteiger partial charge in [-0.3, -0.25) is 9.59 Å². The van der Waals surface area contributed by atoms with Crippen LogP contribution in [0.5, 0.6) is 5.75 Å². The Balaban J connectivity index is 0.00000141. The van der Waals surface area contributed by atoms with Crippen molar-refractivity contribution >= 4 is 34.8 Å². The Labute approximate surface area is 352 Å². The van der Waals surface area contributed by atoms with Gasteiger partial charge in [0, 0.05) is 32.5 Å². The fourth-order valence-electron chi connectivity index (χ4n) is 8.30. The fraction of sp³-hybridized carbons (Fsp3) is 0.422. The highest BCUT2D eigenvalue weighted by molar-refractivity contribution is 5.98. The first kappa shape index (κ1) is 41.8. The summed E-state index contributed by atoms with van der Waals surface area (Å²) in [4.78, 5) is 69.8. The van der Waals surface area contributed by atoms with Gasteiger partial charge in [-0.1, -0.05) is 64.4 Å². The van der Waals surface area contributed by atoms with Crippen LogP contribution in [0.1, 0.15) is 91.9 Å². The average molecular weight is 823 g/mol. The molecule has 0 radical (unpaired) electrons. The van der Waals surface area contributed by atoms with Crippen molar-refractivity contribution in [1.82, 2.24) is 40.4 Å². The van der Waals surface area contributed by atoms with E-state index in [1.54, 1.807) is 11.1 Å². The minimum atomic E-state index is -0.696. The first-order chi connectivity index (χ1) is 29.0.